The number of nitrogens with one attached hydrogen (secondary N) is 1. The Hall–Kier alpha value is -1.11. The molecule has 0 fully saturated rings. The van der Waals surface area contributed by atoms with Crippen molar-refractivity contribution in [1.82, 2.24) is 5.32 Å². The molecule has 0 saturated carbocycles. The molecular weight excluding hydrogens is 278 g/mol. The van der Waals surface area contributed by atoms with Gasteiger partial charge >= 0.3 is 0 Å². The lowest BCUT2D eigenvalue weighted by molar-refractivity contribution is 0.107. The fourth-order valence-corrected chi connectivity index (χ4v) is 2.15. The Labute approximate surface area is 120 Å². The summed E-state index contributed by atoms with van der Waals surface area (Å²) in [5.41, 5.74) is 1.18. The fraction of sp³-hybridized carbons (Fsp3) is 0.571. The van der Waals surface area contributed by atoms with Gasteiger partial charge in [-0.25, -0.2) is 8.42 Å². The van der Waals surface area contributed by atoms with Gasteiger partial charge in [-0.05, 0) is 24.1 Å². The predicted octanol–water partition coefficient (Wildman–Crippen LogP) is 0.623. The standard InChI is InChI=1S/C14H23NO4S/c1-3-12-5-4-6-14(9-12)19-11-13(16)10-15-7-8-20(2,17)18/h4-6,9,13,15-16H,3,7-8,10-11H2,1-2H3. The molecule has 0 aliphatic heterocycles. The van der Waals surface area contributed by atoms with E-state index in [1.54, 1.807) is 0 Å². The largest absolute Gasteiger partial charge is 0.491 e. The van der Waals surface area contributed by atoms with Gasteiger partial charge in [0.25, 0.3) is 0 Å². The van der Waals surface area contributed by atoms with E-state index in [0.717, 1.165) is 12.2 Å². The Bertz CT molecular complexity index is 502. The van der Waals surface area contributed by atoms with Gasteiger partial charge in [0.15, 0.2) is 0 Å². The zero-order valence-corrected chi connectivity index (χ0v) is 12.8. The van der Waals surface area contributed by atoms with Gasteiger partial charge in [-0.1, -0.05) is 19.1 Å². The molecule has 1 aromatic rings. The molecule has 0 radical (unpaired) electrons. The highest BCUT2D eigenvalue weighted by Gasteiger charge is 2.06. The van der Waals surface area contributed by atoms with Crippen LogP contribution >= 0.6 is 0 Å². The number of benzene rings is 1. The van der Waals surface area contributed by atoms with Gasteiger partial charge in [-0.2, -0.15) is 0 Å². The van der Waals surface area contributed by atoms with Gasteiger partial charge in [0.1, 0.15) is 28.3 Å². The molecular formula is C14H23NO4S. The second kappa shape index (κ2) is 8.24. The molecule has 1 aromatic carbocycles. The van der Waals surface area contributed by atoms with Crippen LogP contribution in [-0.2, 0) is 16.3 Å². The van der Waals surface area contributed by atoms with Crippen molar-refractivity contribution in [3.8, 4) is 5.75 Å². The van der Waals surface area contributed by atoms with Gasteiger partial charge in [-0.3, -0.25) is 0 Å². The zero-order chi connectivity index (χ0) is 15.0. The average molecular weight is 301 g/mol. The minimum absolute atomic E-state index is 0.0686. The normalized spacial score (nSPS) is 13.2. The summed E-state index contributed by atoms with van der Waals surface area (Å²) in [5.74, 6) is 0.804. The lowest BCUT2D eigenvalue weighted by Gasteiger charge is -2.13. The number of hydrogen-bond acceptors (Lipinski definition) is 5. The lowest BCUT2D eigenvalue weighted by atomic mass is 10.2. The summed E-state index contributed by atoms with van der Waals surface area (Å²) in [6.07, 6.45) is 1.46. The lowest BCUT2D eigenvalue weighted by Crippen LogP contribution is -2.34. The van der Waals surface area contributed by atoms with Crippen LogP contribution < -0.4 is 10.1 Å². The summed E-state index contributed by atoms with van der Waals surface area (Å²) in [6.45, 7) is 2.89. The van der Waals surface area contributed by atoms with Crippen molar-refractivity contribution in [3.05, 3.63) is 29.8 Å². The van der Waals surface area contributed by atoms with Crippen LogP contribution in [0.25, 0.3) is 0 Å². The zero-order valence-electron chi connectivity index (χ0n) is 12.0. The van der Waals surface area contributed by atoms with Gasteiger partial charge in [0.2, 0.25) is 0 Å². The summed E-state index contributed by atoms with van der Waals surface area (Å²) >= 11 is 0. The van der Waals surface area contributed by atoms with Crippen LogP contribution in [0, 0.1) is 0 Å². The summed E-state index contributed by atoms with van der Waals surface area (Å²) < 4.78 is 27.3. The van der Waals surface area contributed by atoms with E-state index < -0.39 is 15.9 Å². The van der Waals surface area contributed by atoms with E-state index in [-0.39, 0.29) is 12.4 Å². The summed E-state index contributed by atoms with van der Waals surface area (Å²) in [7, 11) is -2.96. The molecule has 1 rings (SSSR count). The van der Waals surface area contributed by atoms with Crippen LogP contribution in [0.15, 0.2) is 24.3 Å². The van der Waals surface area contributed by atoms with Crippen molar-refractivity contribution < 1.29 is 18.3 Å². The van der Waals surface area contributed by atoms with Crippen molar-refractivity contribution >= 4 is 9.84 Å². The van der Waals surface area contributed by atoms with Crippen molar-refractivity contribution in [1.29, 1.82) is 0 Å². The Kier molecular flexibility index (Phi) is 6.98. The molecule has 0 amide bonds. The van der Waals surface area contributed by atoms with E-state index in [9.17, 15) is 13.5 Å². The number of rotatable bonds is 9. The number of sulfone groups is 1. The smallest absolute Gasteiger partial charge is 0.148 e. The first-order valence-corrected chi connectivity index (χ1v) is 8.75. The Balaban J connectivity index is 2.24. The van der Waals surface area contributed by atoms with E-state index in [1.165, 1.54) is 11.8 Å². The molecule has 0 bridgehead atoms. The molecule has 6 heteroatoms. The third-order valence-electron chi connectivity index (χ3n) is 2.78. The maximum absolute atomic E-state index is 10.9. The van der Waals surface area contributed by atoms with E-state index in [2.05, 4.69) is 12.2 Å². The van der Waals surface area contributed by atoms with Crippen LogP contribution in [0.1, 0.15) is 12.5 Å². The van der Waals surface area contributed by atoms with Crippen molar-refractivity contribution in [2.45, 2.75) is 19.4 Å². The first kappa shape index (κ1) is 16.9. The highest BCUT2D eigenvalue weighted by molar-refractivity contribution is 7.90. The minimum atomic E-state index is -2.96. The number of hydrogen-bond donors (Lipinski definition) is 2. The maximum atomic E-state index is 10.9. The number of aryl methyl sites for hydroxylation is 1. The fourth-order valence-electron chi connectivity index (χ4n) is 1.63. The third kappa shape index (κ3) is 7.47. The highest BCUT2D eigenvalue weighted by atomic mass is 32.2. The summed E-state index contributed by atoms with van der Waals surface area (Å²) in [4.78, 5) is 0. The second-order valence-corrected chi connectivity index (χ2v) is 7.06. The summed E-state index contributed by atoms with van der Waals surface area (Å²) in [6, 6.07) is 7.74. The number of aliphatic hydroxyl groups excluding tert-OH is 1. The molecule has 0 heterocycles. The Morgan fingerprint density at radius 1 is 1.40 bits per heavy atom. The van der Waals surface area contributed by atoms with Crippen molar-refractivity contribution in [3.63, 3.8) is 0 Å². The Morgan fingerprint density at radius 2 is 2.15 bits per heavy atom. The molecule has 20 heavy (non-hydrogen) atoms. The quantitative estimate of drug-likeness (QED) is 0.654. The molecule has 1 atom stereocenters. The van der Waals surface area contributed by atoms with Crippen LogP contribution in [-0.4, -0.2) is 51.3 Å². The molecule has 0 spiro atoms. The average Bonchev–Trinajstić information content (AvgIpc) is 2.40. The van der Waals surface area contributed by atoms with Crippen LogP contribution in [0.2, 0.25) is 0 Å². The van der Waals surface area contributed by atoms with Gasteiger partial charge in [0, 0.05) is 19.3 Å². The van der Waals surface area contributed by atoms with Gasteiger partial charge in [0.05, 0.1) is 5.75 Å². The first-order chi connectivity index (χ1) is 9.40. The van der Waals surface area contributed by atoms with E-state index in [1.807, 2.05) is 24.3 Å². The van der Waals surface area contributed by atoms with E-state index in [0.29, 0.717) is 13.1 Å². The van der Waals surface area contributed by atoms with Crippen LogP contribution in [0.3, 0.4) is 0 Å². The van der Waals surface area contributed by atoms with Crippen LogP contribution in [0.5, 0.6) is 5.75 Å². The predicted molar refractivity (Wildman–Crippen MR) is 79.9 cm³/mol. The van der Waals surface area contributed by atoms with Crippen LogP contribution in [0.4, 0.5) is 0 Å². The SMILES string of the molecule is CCc1cccc(OCC(O)CNCCS(C)(=O)=O)c1. The molecule has 1 unspecified atom stereocenters. The van der Waals surface area contributed by atoms with Crippen molar-refractivity contribution in [2.75, 3.05) is 31.7 Å². The second-order valence-electron chi connectivity index (χ2n) is 4.80. The molecule has 2 N–H and O–H groups in total. The highest BCUT2D eigenvalue weighted by Crippen LogP contribution is 2.13. The number of aliphatic hydroxyl groups is 1. The van der Waals surface area contributed by atoms with Gasteiger partial charge < -0.3 is 15.2 Å². The minimum Gasteiger partial charge on any atom is -0.491 e. The van der Waals surface area contributed by atoms with E-state index in [4.69, 9.17) is 4.74 Å². The molecule has 0 aliphatic rings. The monoisotopic (exact) mass is 301 g/mol. The molecule has 114 valence electrons. The molecule has 0 aromatic heterocycles. The van der Waals surface area contributed by atoms with Gasteiger partial charge in [-0.15, -0.1) is 0 Å². The maximum Gasteiger partial charge on any atom is 0.148 e. The number of ether oxygens (including phenoxy) is 1. The molecule has 5 nitrogen and oxygen atoms in total. The summed E-state index contributed by atoms with van der Waals surface area (Å²) in [5, 5.41) is 12.6. The van der Waals surface area contributed by atoms with E-state index >= 15 is 0 Å². The molecule has 0 saturated heterocycles. The molecule has 0 aliphatic carbocycles. The first-order valence-electron chi connectivity index (χ1n) is 6.69. The topological polar surface area (TPSA) is 75.6 Å². The third-order valence-corrected chi connectivity index (χ3v) is 3.72. The Morgan fingerprint density at radius 3 is 2.80 bits per heavy atom. The van der Waals surface area contributed by atoms with Crippen molar-refractivity contribution in [2.24, 2.45) is 0 Å².